The maximum absolute atomic E-state index is 13.7. The number of benzene rings is 3. The highest BCUT2D eigenvalue weighted by Gasteiger charge is 2.20. The molecule has 1 atom stereocenters. The molecule has 0 bridgehead atoms. The molecule has 4 rings (SSSR count). The Hall–Kier alpha value is -3.80. The van der Waals surface area contributed by atoms with Gasteiger partial charge < -0.3 is 19.7 Å². The lowest BCUT2D eigenvalue weighted by molar-refractivity contribution is 0.313. The molecule has 0 saturated carbocycles. The summed E-state index contributed by atoms with van der Waals surface area (Å²) in [6.07, 6.45) is 5.33. The Morgan fingerprint density at radius 2 is 1.69 bits per heavy atom. The molecule has 0 fully saturated rings. The van der Waals surface area contributed by atoms with Gasteiger partial charge in [-0.1, -0.05) is 18.2 Å². The van der Waals surface area contributed by atoms with Crippen molar-refractivity contribution in [3.05, 3.63) is 114 Å². The summed E-state index contributed by atoms with van der Waals surface area (Å²) in [6, 6.07) is 18.9. The van der Waals surface area contributed by atoms with Crippen LogP contribution < -0.4 is 14.8 Å². The molecule has 3 aromatic rings. The lowest BCUT2D eigenvalue weighted by atomic mass is 10.1. The molecule has 1 heterocycles. The summed E-state index contributed by atoms with van der Waals surface area (Å²) in [5.74, 6) is 1.00. The smallest absolute Gasteiger partial charge is 0.130 e. The summed E-state index contributed by atoms with van der Waals surface area (Å²) in [7, 11) is 1.62. The van der Waals surface area contributed by atoms with Crippen molar-refractivity contribution in [3.8, 4) is 11.5 Å². The SMILES string of the molecule is COc1ccc(NC2C=C(Oc3ccccc3C)C=CN2Cc2cc(F)cc(F)c2)cc1. The zero-order chi connectivity index (χ0) is 22.5. The average Bonchev–Trinajstić information content (AvgIpc) is 2.77. The number of methoxy groups -OCH3 is 1. The second-order valence-corrected chi connectivity index (χ2v) is 7.52. The highest BCUT2D eigenvalue weighted by molar-refractivity contribution is 5.48. The van der Waals surface area contributed by atoms with Crippen LogP contribution in [0.2, 0.25) is 0 Å². The van der Waals surface area contributed by atoms with Crippen molar-refractivity contribution in [2.75, 3.05) is 12.4 Å². The molecule has 0 spiro atoms. The van der Waals surface area contributed by atoms with Crippen molar-refractivity contribution in [1.29, 1.82) is 0 Å². The van der Waals surface area contributed by atoms with E-state index >= 15 is 0 Å². The minimum Gasteiger partial charge on any atom is -0.497 e. The first-order chi connectivity index (χ1) is 15.5. The number of nitrogens with zero attached hydrogens (tertiary/aromatic N) is 1. The highest BCUT2D eigenvalue weighted by Crippen LogP contribution is 2.25. The van der Waals surface area contributed by atoms with Crippen LogP contribution in [0.3, 0.4) is 0 Å². The lowest BCUT2D eigenvalue weighted by Gasteiger charge is -2.33. The van der Waals surface area contributed by atoms with E-state index in [1.165, 1.54) is 12.1 Å². The Bertz CT molecular complexity index is 1120. The Morgan fingerprint density at radius 1 is 0.969 bits per heavy atom. The highest BCUT2D eigenvalue weighted by atomic mass is 19.1. The van der Waals surface area contributed by atoms with Crippen LogP contribution in [-0.4, -0.2) is 18.2 Å². The molecule has 0 aromatic heterocycles. The number of anilines is 1. The zero-order valence-electron chi connectivity index (χ0n) is 17.9. The first kappa shape index (κ1) is 21.4. The van der Waals surface area contributed by atoms with Crippen LogP contribution >= 0.6 is 0 Å². The fourth-order valence-electron chi connectivity index (χ4n) is 3.48. The van der Waals surface area contributed by atoms with E-state index in [0.717, 1.165) is 28.8 Å². The van der Waals surface area contributed by atoms with Gasteiger partial charge in [0.25, 0.3) is 0 Å². The van der Waals surface area contributed by atoms with Gasteiger partial charge in [-0.2, -0.15) is 0 Å². The third kappa shape index (κ3) is 5.27. The zero-order valence-corrected chi connectivity index (χ0v) is 17.9. The molecule has 1 unspecified atom stereocenters. The summed E-state index contributed by atoms with van der Waals surface area (Å²) in [5.41, 5.74) is 2.43. The molecule has 0 aliphatic carbocycles. The van der Waals surface area contributed by atoms with Crippen LogP contribution in [0.25, 0.3) is 0 Å². The minimum atomic E-state index is -0.597. The van der Waals surface area contributed by atoms with Crippen molar-refractivity contribution in [2.45, 2.75) is 19.6 Å². The third-order valence-corrected chi connectivity index (χ3v) is 5.12. The standard InChI is InChI=1S/C26H24F2N2O2/c1-18-5-3-4-6-25(18)32-24-11-12-30(17-19-13-20(27)15-21(28)14-19)26(16-24)29-22-7-9-23(31-2)10-8-22/h3-16,26,29H,17H2,1-2H3. The number of hydrogen-bond donors (Lipinski definition) is 1. The molecule has 164 valence electrons. The lowest BCUT2D eigenvalue weighted by Crippen LogP contribution is -2.37. The van der Waals surface area contributed by atoms with Crippen LogP contribution in [0, 0.1) is 18.6 Å². The van der Waals surface area contributed by atoms with Crippen molar-refractivity contribution >= 4 is 5.69 Å². The van der Waals surface area contributed by atoms with Gasteiger partial charge in [-0.25, -0.2) is 8.78 Å². The molecule has 1 aliphatic heterocycles. The van der Waals surface area contributed by atoms with Gasteiger partial charge in [-0.3, -0.25) is 0 Å². The van der Waals surface area contributed by atoms with Crippen molar-refractivity contribution < 1.29 is 18.3 Å². The molecule has 1 N–H and O–H groups in total. The number of nitrogens with one attached hydrogen (secondary N) is 1. The van der Waals surface area contributed by atoms with Crippen LogP contribution in [0.4, 0.5) is 14.5 Å². The predicted octanol–water partition coefficient (Wildman–Crippen LogP) is 6.01. The fraction of sp³-hybridized carbons (Fsp3) is 0.154. The first-order valence-electron chi connectivity index (χ1n) is 10.2. The van der Waals surface area contributed by atoms with Gasteiger partial charge >= 0.3 is 0 Å². The molecule has 3 aromatic carbocycles. The van der Waals surface area contributed by atoms with E-state index in [1.807, 2.05) is 78.7 Å². The second kappa shape index (κ2) is 9.56. The van der Waals surface area contributed by atoms with Crippen molar-refractivity contribution in [3.63, 3.8) is 0 Å². The van der Waals surface area contributed by atoms with Crippen molar-refractivity contribution in [2.24, 2.45) is 0 Å². The molecular weight excluding hydrogens is 410 g/mol. The molecule has 0 amide bonds. The minimum absolute atomic E-state index is 0.307. The monoisotopic (exact) mass is 434 g/mol. The second-order valence-electron chi connectivity index (χ2n) is 7.52. The molecule has 1 aliphatic rings. The van der Waals surface area contributed by atoms with E-state index in [9.17, 15) is 8.78 Å². The van der Waals surface area contributed by atoms with E-state index in [1.54, 1.807) is 7.11 Å². The van der Waals surface area contributed by atoms with Crippen LogP contribution in [0.1, 0.15) is 11.1 Å². The fourth-order valence-corrected chi connectivity index (χ4v) is 3.48. The summed E-state index contributed by atoms with van der Waals surface area (Å²) in [5, 5.41) is 3.44. The number of ether oxygens (including phenoxy) is 2. The topological polar surface area (TPSA) is 33.7 Å². The van der Waals surface area contributed by atoms with E-state index in [-0.39, 0.29) is 6.17 Å². The van der Waals surface area contributed by atoms with Gasteiger partial charge in [0.15, 0.2) is 0 Å². The Morgan fingerprint density at radius 3 is 2.38 bits per heavy atom. The van der Waals surface area contributed by atoms with E-state index in [2.05, 4.69) is 5.32 Å². The Balaban J connectivity index is 1.59. The van der Waals surface area contributed by atoms with Crippen LogP contribution in [0.15, 0.2) is 90.8 Å². The number of hydrogen-bond acceptors (Lipinski definition) is 4. The third-order valence-electron chi connectivity index (χ3n) is 5.12. The predicted molar refractivity (Wildman–Crippen MR) is 121 cm³/mol. The molecule has 0 radical (unpaired) electrons. The van der Waals surface area contributed by atoms with E-state index in [0.29, 0.717) is 17.9 Å². The molecular formula is C26H24F2N2O2. The first-order valence-corrected chi connectivity index (χ1v) is 10.2. The maximum atomic E-state index is 13.7. The number of para-hydroxylation sites is 1. The summed E-state index contributed by atoms with van der Waals surface area (Å²) >= 11 is 0. The Kier molecular flexibility index (Phi) is 6.40. The van der Waals surface area contributed by atoms with Gasteiger partial charge in [0.05, 0.1) is 7.11 Å². The van der Waals surface area contributed by atoms with Gasteiger partial charge in [-0.05, 0) is 66.6 Å². The quantitative estimate of drug-likeness (QED) is 0.494. The number of rotatable bonds is 7. The number of aryl methyl sites for hydroxylation is 1. The normalized spacial score (nSPS) is 15.3. The molecule has 6 heteroatoms. The van der Waals surface area contributed by atoms with Crippen molar-refractivity contribution in [1.82, 2.24) is 4.90 Å². The molecule has 0 saturated heterocycles. The summed E-state index contributed by atoms with van der Waals surface area (Å²) < 4.78 is 38.7. The van der Waals surface area contributed by atoms with E-state index in [4.69, 9.17) is 9.47 Å². The maximum Gasteiger partial charge on any atom is 0.130 e. The van der Waals surface area contributed by atoms with Gasteiger partial charge in [0.1, 0.15) is 35.1 Å². The average molecular weight is 434 g/mol. The summed E-state index contributed by atoms with van der Waals surface area (Å²) in [6.45, 7) is 2.30. The van der Waals surface area contributed by atoms with E-state index < -0.39 is 11.6 Å². The van der Waals surface area contributed by atoms with Gasteiger partial charge in [-0.15, -0.1) is 0 Å². The largest absolute Gasteiger partial charge is 0.497 e. The summed E-state index contributed by atoms with van der Waals surface area (Å²) in [4.78, 5) is 1.95. The molecule has 32 heavy (non-hydrogen) atoms. The molecule has 4 nitrogen and oxygen atoms in total. The van der Waals surface area contributed by atoms with Gasteiger partial charge in [0, 0.05) is 30.6 Å². The van der Waals surface area contributed by atoms with Crippen LogP contribution in [0.5, 0.6) is 11.5 Å². The Labute approximate surface area is 186 Å². The number of halogens is 2. The van der Waals surface area contributed by atoms with Crippen LogP contribution in [-0.2, 0) is 6.54 Å². The van der Waals surface area contributed by atoms with Gasteiger partial charge in [0.2, 0.25) is 0 Å². The number of allylic oxidation sites excluding steroid dienone is 1.